The molecule has 28 heavy (non-hydrogen) atoms. The Morgan fingerprint density at radius 2 is 1.82 bits per heavy atom. The van der Waals surface area contributed by atoms with Crippen molar-refractivity contribution in [2.45, 2.75) is 18.3 Å². The molecule has 0 radical (unpaired) electrons. The van der Waals surface area contributed by atoms with Gasteiger partial charge in [-0.25, -0.2) is 4.79 Å². The number of aromatic hydroxyl groups is 1. The number of pyridine rings is 1. The third-order valence-corrected chi connectivity index (χ3v) is 4.14. The molecular formula is C17H21BClN3O6. The highest BCUT2D eigenvalue weighted by atomic mass is 35.5. The highest BCUT2D eigenvalue weighted by Gasteiger charge is 2.30. The average Bonchev–Trinajstić information content (AvgIpc) is 2.63. The fourth-order valence-corrected chi connectivity index (χ4v) is 2.67. The minimum Gasteiger partial charge on any atom is -0.507 e. The normalized spacial score (nSPS) is 12.4. The van der Waals surface area contributed by atoms with E-state index in [0.29, 0.717) is 5.56 Å². The van der Waals surface area contributed by atoms with E-state index in [4.69, 9.17) is 10.8 Å². The fourth-order valence-electron chi connectivity index (χ4n) is 2.67. The van der Waals surface area contributed by atoms with Crippen LogP contribution < -0.4 is 11.1 Å². The maximum absolute atomic E-state index is 12.5. The first-order valence-electron chi connectivity index (χ1n) is 8.15. The van der Waals surface area contributed by atoms with Crippen LogP contribution >= 0.6 is 12.4 Å². The Labute approximate surface area is 167 Å². The van der Waals surface area contributed by atoms with Gasteiger partial charge < -0.3 is 31.3 Å². The molecule has 2 aromatic rings. The molecule has 0 saturated heterocycles. The van der Waals surface area contributed by atoms with Crippen molar-refractivity contribution in [1.82, 2.24) is 10.3 Å². The number of nitrogens with zero attached hydrogens (tertiary/aromatic N) is 1. The van der Waals surface area contributed by atoms with E-state index in [1.54, 1.807) is 12.1 Å². The number of carboxylic acids is 1. The molecule has 0 saturated carbocycles. The van der Waals surface area contributed by atoms with Gasteiger partial charge in [0.05, 0.1) is 11.9 Å². The Kier molecular flexibility index (Phi) is 8.87. The molecule has 2 rings (SSSR count). The summed E-state index contributed by atoms with van der Waals surface area (Å²) in [6.45, 7) is -0.0101. The molecule has 0 bridgehead atoms. The summed E-state index contributed by atoms with van der Waals surface area (Å²) < 4.78 is 0. The topological polar surface area (TPSA) is 166 Å². The summed E-state index contributed by atoms with van der Waals surface area (Å²) in [7, 11) is -1.93. The minimum absolute atomic E-state index is 0. The zero-order valence-corrected chi connectivity index (χ0v) is 15.5. The largest absolute Gasteiger partial charge is 0.507 e. The monoisotopic (exact) mass is 409 g/mol. The van der Waals surface area contributed by atoms with Crippen LogP contribution in [0.25, 0.3) is 0 Å². The second-order valence-electron chi connectivity index (χ2n) is 5.92. The predicted octanol–water partition coefficient (Wildman–Crippen LogP) is -0.311. The highest BCUT2D eigenvalue weighted by Crippen LogP contribution is 2.24. The van der Waals surface area contributed by atoms with Crippen LogP contribution in [-0.4, -0.2) is 56.7 Å². The zero-order valence-electron chi connectivity index (χ0n) is 14.7. The first kappa shape index (κ1) is 23.4. The number of benzene rings is 1. The van der Waals surface area contributed by atoms with E-state index in [0.717, 1.165) is 0 Å². The average molecular weight is 410 g/mol. The van der Waals surface area contributed by atoms with E-state index >= 15 is 0 Å². The molecule has 9 nitrogen and oxygen atoms in total. The summed E-state index contributed by atoms with van der Waals surface area (Å²) in [5, 5.41) is 40.9. The van der Waals surface area contributed by atoms with Crippen molar-refractivity contribution in [3.63, 3.8) is 0 Å². The second-order valence-corrected chi connectivity index (χ2v) is 5.92. The van der Waals surface area contributed by atoms with E-state index in [9.17, 15) is 24.7 Å². The van der Waals surface area contributed by atoms with Gasteiger partial charge in [0, 0.05) is 18.9 Å². The van der Waals surface area contributed by atoms with E-state index in [2.05, 4.69) is 10.3 Å². The van der Waals surface area contributed by atoms with Gasteiger partial charge >= 0.3 is 13.1 Å². The molecule has 11 heteroatoms. The van der Waals surface area contributed by atoms with Gasteiger partial charge in [0.15, 0.2) is 0 Å². The summed E-state index contributed by atoms with van der Waals surface area (Å²) in [4.78, 5) is 27.5. The third-order valence-electron chi connectivity index (χ3n) is 4.14. The van der Waals surface area contributed by atoms with Gasteiger partial charge in [-0.1, -0.05) is 12.1 Å². The van der Waals surface area contributed by atoms with Crippen LogP contribution in [0.2, 0.25) is 0 Å². The number of halogens is 1. The number of carbonyl (C=O) groups is 2. The van der Waals surface area contributed by atoms with Crippen molar-refractivity contribution >= 4 is 31.4 Å². The lowest BCUT2D eigenvalue weighted by Gasteiger charge is -2.22. The van der Waals surface area contributed by atoms with Crippen LogP contribution in [-0.2, 0) is 11.2 Å². The molecule has 1 amide bonds. The van der Waals surface area contributed by atoms with E-state index in [-0.39, 0.29) is 36.5 Å². The van der Waals surface area contributed by atoms with Crippen molar-refractivity contribution in [3.8, 4) is 5.75 Å². The van der Waals surface area contributed by atoms with Crippen LogP contribution in [0.1, 0.15) is 27.4 Å². The van der Waals surface area contributed by atoms with Crippen LogP contribution in [0.5, 0.6) is 5.75 Å². The molecular weight excluding hydrogens is 388 g/mol. The van der Waals surface area contributed by atoms with Gasteiger partial charge in [0.25, 0.3) is 0 Å². The Balaban J connectivity index is 0.00000392. The number of nitrogens with one attached hydrogen (secondary N) is 1. The maximum Gasteiger partial charge on any atom is 0.475 e. The lowest BCUT2D eigenvalue weighted by atomic mass is 9.75. The molecule has 2 unspecified atom stereocenters. The maximum atomic E-state index is 12.5. The zero-order chi connectivity index (χ0) is 20.0. The fraction of sp³-hybridized carbons (Fsp3) is 0.235. The van der Waals surface area contributed by atoms with Gasteiger partial charge in [-0.15, -0.1) is 12.4 Å². The molecule has 0 spiro atoms. The van der Waals surface area contributed by atoms with Crippen LogP contribution in [0.15, 0.2) is 42.7 Å². The third kappa shape index (κ3) is 5.67. The Morgan fingerprint density at radius 1 is 1.18 bits per heavy atom. The highest BCUT2D eigenvalue weighted by molar-refractivity contribution is 6.43. The number of nitrogens with two attached hydrogens (primary N) is 1. The number of amides is 1. The number of hydrogen-bond donors (Lipinski definition) is 6. The smallest absolute Gasteiger partial charge is 0.475 e. The molecule has 150 valence electrons. The van der Waals surface area contributed by atoms with Crippen molar-refractivity contribution in [2.24, 2.45) is 5.73 Å². The summed E-state index contributed by atoms with van der Waals surface area (Å²) >= 11 is 0. The molecule has 1 aromatic heterocycles. The number of hydrogen-bond acceptors (Lipinski definition) is 7. The summed E-state index contributed by atoms with van der Waals surface area (Å²) in [6.07, 6.45) is 2.84. The van der Waals surface area contributed by atoms with Crippen molar-refractivity contribution in [2.75, 3.05) is 6.54 Å². The summed E-state index contributed by atoms with van der Waals surface area (Å²) in [5.74, 6) is -4.25. The van der Waals surface area contributed by atoms with E-state index < -0.39 is 36.6 Å². The Bertz CT molecular complexity index is 809. The molecule has 0 aliphatic rings. The van der Waals surface area contributed by atoms with Crippen molar-refractivity contribution < 1.29 is 29.9 Å². The molecule has 0 aliphatic heterocycles. The van der Waals surface area contributed by atoms with Gasteiger partial charge in [-0.3, -0.25) is 9.78 Å². The molecule has 1 aromatic carbocycles. The molecule has 1 heterocycles. The van der Waals surface area contributed by atoms with Crippen molar-refractivity contribution in [1.29, 1.82) is 0 Å². The number of rotatable bonds is 8. The Hall–Kier alpha value is -2.66. The van der Waals surface area contributed by atoms with Crippen molar-refractivity contribution in [3.05, 3.63) is 59.4 Å². The van der Waals surface area contributed by atoms with Gasteiger partial charge in [-0.2, -0.15) is 0 Å². The number of carbonyl (C=O) groups excluding carboxylic acids is 1. The second kappa shape index (κ2) is 10.6. The number of carboxylic acid groups (broad SMARTS) is 1. The predicted molar refractivity (Wildman–Crippen MR) is 104 cm³/mol. The quantitative estimate of drug-likeness (QED) is 0.323. The first-order chi connectivity index (χ1) is 12.8. The minimum atomic E-state index is -1.93. The molecule has 0 fully saturated rings. The van der Waals surface area contributed by atoms with Gasteiger partial charge in [-0.05, 0) is 35.7 Å². The van der Waals surface area contributed by atoms with Gasteiger partial charge in [0.2, 0.25) is 5.91 Å². The van der Waals surface area contributed by atoms with Gasteiger partial charge in [0.1, 0.15) is 11.3 Å². The molecule has 7 N–H and O–H groups in total. The number of aromatic carboxylic acids is 1. The lowest BCUT2D eigenvalue weighted by Crippen LogP contribution is -2.50. The number of phenols is 1. The molecule has 0 aliphatic carbocycles. The summed E-state index contributed by atoms with van der Waals surface area (Å²) in [6, 6.07) is 7.33. The number of para-hydroxylation sites is 1. The van der Waals surface area contributed by atoms with E-state index in [1.165, 1.54) is 30.6 Å². The van der Waals surface area contributed by atoms with E-state index in [1.807, 2.05) is 0 Å². The van der Waals surface area contributed by atoms with Crippen LogP contribution in [0, 0.1) is 0 Å². The SMILES string of the molecule is Cl.NCC(C(=O)NC(Cc1cccc(C(=O)O)c1O)B(O)O)c1ccncc1. The van der Waals surface area contributed by atoms with Crippen LogP contribution in [0.3, 0.4) is 0 Å². The number of aromatic nitrogens is 1. The lowest BCUT2D eigenvalue weighted by molar-refractivity contribution is -0.122. The Morgan fingerprint density at radius 3 is 2.36 bits per heavy atom. The van der Waals surface area contributed by atoms with Crippen LogP contribution in [0.4, 0.5) is 0 Å². The summed E-state index contributed by atoms with van der Waals surface area (Å²) in [5.41, 5.74) is 6.13. The standard InChI is InChI=1S/C17H20BN3O6.ClH/c19-9-13(10-4-6-20-7-5-10)16(23)21-14(18(26)27)8-11-2-1-3-12(15(11)22)17(24)25;/h1-7,13-14,22,26-27H,8-9,19H2,(H,21,23)(H,24,25);1H. The molecule has 2 atom stereocenters. The first-order valence-corrected chi connectivity index (χ1v) is 8.15.